The lowest BCUT2D eigenvalue weighted by molar-refractivity contribution is -0.120. The largest absolute Gasteiger partial charge is 0.492 e. The van der Waals surface area contributed by atoms with Crippen LogP contribution in [0.3, 0.4) is 0 Å². The third-order valence-corrected chi connectivity index (χ3v) is 5.67. The summed E-state index contributed by atoms with van der Waals surface area (Å²) in [6.07, 6.45) is 1.06. The molecule has 32 heavy (non-hydrogen) atoms. The first-order valence-corrected chi connectivity index (χ1v) is 11.0. The topological polar surface area (TPSA) is 56.1 Å². The molecule has 0 radical (unpaired) electrons. The van der Waals surface area contributed by atoms with Gasteiger partial charge in [0.05, 0.1) is 24.0 Å². The van der Waals surface area contributed by atoms with E-state index in [0.29, 0.717) is 32.5 Å². The number of nitrogens with zero attached hydrogens (tertiary/aromatic N) is 2. The van der Waals surface area contributed by atoms with E-state index < -0.39 is 0 Å². The molecule has 1 aromatic heterocycles. The molecule has 5 nitrogen and oxygen atoms in total. The van der Waals surface area contributed by atoms with Gasteiger partial charge in [-0.1, -0.05) is 48.5 Å². The van der Waals surface area contributed by atoms with Crippen molar-refractivity contribution in [2.24, 2.45) is 0 Å². The minimum absolute atomic E-state index is 0.0249. The number of nitrogens with one attached hydrogen (secondary N) is 1. The van der Waals surface area contributed by atoms with Crippen molar-refractivity contribution < 1.29 is 9.53 Å². The summed E-state index contributed by atoms with van der Waals surface area (Å²) in [5.74, 6) is 1.86. The molecule has 0 bridgehead atoms. The molecule has 0 spiro atoms. The summed E-state index contributed by atoms with van der Waals surface area (Å²) in [5.41, 5.74) is 5.55. The third-order valence-electron chi connectivity index (χ3n) is 5.67. The Morgan fingerprint density at radius 1 is 0.969 bits per heavy atom. The maximum Gasteiger partial charge on any atom is 0.224 e. The molecular formula is C27H29N3O2. The van der Waals surface area contributed by atoms with E-state index in [1.54, 1.807) is 0 Å². The van der Waals surface area contributed by atoms with Crippen molar-refractivity contribution in [1.29, 1.82) is 0 Å². The summed E-state index contributed by atoms with van der Waals surface area (Å²) in [6, 6.07) is 24.1. The molecule has 0 saturated heterocycles. The van der Waals surface area contributed by atoms with Gasteiger partial charge in [0.25, 0.3) is 0 Å². The van der Waals surface area contributed by atoms with Crippen molar-refractivity contribution in [3.8, 4) is 5.75 Å². The van der Waals surface area contributed by atoms with Gasteiger partial charge in [-0.05, 0) is 54.8 Å². The quantitative estimate of drug-likeness (QED) is 0.424. The highest BCUT2D eigenvalue weighted by atomic mass is 16.5. The Kier molecular flexibility index (Phi) is 6.85. The summed E-state index contributed by atoms with van der Waals surface area (Å²) < 4.78 is 8.20. The van der Waals surface area contributed by atoms with E-state index >= 15 is 0 Å². The highest BCUT2D eigenvalue weighted by Gasteiger charge is 2.11. The summed E-state index contributed by atoms with van der Waals surface area (Å²) >= 11 is 0. The van der Waals surface area contributed by atoms with Crippen LogP contribution in [-0.4, -0.2) is 28.6 Å². The Morgan fingerprint density at radius 2 is 1.75 bits per heavy atom. The molecule has 1 N–H and O–H groups in total. The minimum atomic E-state index is 0.0249. The monoisotopic (exact) mass is 427 g/mol. The van der Waals surface area contributed by atoms with Gasteiger partial charge in [-0.2, -0.15) is 0 Å². The van der Waals surface area contributed by atoms with Crippen LogP contribution in [0.1, 0.15) is 22.5 Å². The fourth-order valence-electron chi connectivity index (χ4n) is 3.78. The number of rotatable bonds is 9. The molecule has 0 saturated carbocycles. The fraction of sp³-hybridized carbons (Fsp3) is 0.259. The van der Waals surface area contributed by atoms with Crippen LogP contribution in [0.25, 0.3) is 11.0 Å². The number of benzene rings is 3. The highest BCUT2D eigenvalue weighted by molar-refractivity contribution is 5.78. The van der Waals surface area contributed by atoms with Crippen molar-refractivity contribution in [2.45, 2.75) is 33.2 Å². The number of amides is 1. The van der Waals surface area contributed by atoms with E-state index in [0.717, 1.165) is 28.2 Å². The number of aryl methyl sites for hydroxylation is 2. The van der Waals surface area contributed by atoms with Crippen LogP contribution in [0, 0.1) is 13.8 Å². The second kappa shape index (κ2) is 10.1. The van der Waals surface area contributed by atoms with Crippen LogP contribution in [-0.2, 0) is 24.2 Å². The van der Waals surface area contributed by atoms with E-state index in [4.69, 9.17) is 9.72 Å². The normalized spacial score (nSPS) is 10.9. The molecule has 4 aromatic rings. The number of para-hydroxylation sites is 2. The molecule has 1 amide bonds. The van der Waals surface area contributed by atoms with Crippen molar-refractivity contribution in [3.63, 3.8) is 0 Å². The molecule has 0 unspecified atom stereocenters. The van der Waals surface area contributed by atoms with Gasteiger partial charge in [0.1, 0.15) is 18.2 Å². The summed E-state index contributed by atoms with van der Waals surface area (Å²) in [4.78, 5) is 17.1. The summed E-state index contributed by atoms with van der Waals surface area (Å²) in [7, 11) is 0. The van der Waals surface area contributed by atoms with Gasteiger partial charge in [0.15, 0.2) is 0 Å². The van der Waals surface area contributed by atoms with Gasteiger partial charge in [-0.15, -0.1) is 0 Å². The number of imidazole rings is 1. The van der Waals surface area contributed by atoms with Crippen LogP contribution < -0.4 is 10.1 Å². The predicted octanol–water partition coefficient (Wildman–Crippen LogP) is 4.63. The Balaban J connectivity index is 1.38. The van der Waals surface area contributed by atoms with E-state index in [-0.39, 0.29) is 5.91 Å². The lowest BCUT2D eigenvalue weighted by Crippen LogP contribution is -2.28. The first kappa shape index (κ1) is 21.6. The van der Waals surface area contributed by atoms with Crippen LogP contribution in [0.4, 0.5) is 0 Å². The lowest BCUT2D eigenvalue weighted by Gasteiger charge is -2.12. The second-order valence-electron chi connectivity index (χ2n) is 8.03. The lowest BCUT2D eigenvalue weighted by atomic mass is 10.1. The zero-order valence-electron chi connectivity index (χ0n) is 18.7. The van der Waals surface area contributed by atoms with Gasteiger partial charge >= 0.3 is 0 Å². The van der Waals surface area contributed by atoms with Crippen LogP contribution >= 0.6 is 0 Å². The highest BCUT2D eigenvalue weighted by Crippen LogP contribution is 2.19. The maximum absolute atomic E-state index is 12.3. The predicted molar refractivity (Wildman–Crippen MR) is 128 cm³/mol. The Labute approximate surface area is 189 Å². The number of fused-ring (bicyclic) bond motifs is 1. The van der Waals surface area contributed by atoms with E-state index in [1.165, 1.54) is 11.1 Å². The molecule has 0 aliphatic rings. The Hall–Kier alpha value is -3.60. The van der Waals surface area contributed by atoms with E-state index in [1.807, 2.05) is 54.6 Å². The van der Waals surface area contributed by atoms with Gasteiger partial charge in [-0.3, -0.25) is 4.79 Å². The zero-order valence-corrected chi connectivity index (χ0v) is 18.7. The van der Waals surface area contributed by atoms with Gasteiger partial charge in [0, 0.05) is 13.0 Å². The molecule has 0 fully saturated rings. The van der Waals surface area contributed by atoms with E-state index in [9.17, 15) is 4.79 Å². The number of hydrogen-bond donors (Lipinski definition) is 1. The Morgan fingerprint density at radius 3 is 2.56 bits per heavy atom. The smallest absolute Gasteiger partial charge is 0.224 e. The van der Waals surface area contributed by atoms with Gasteiger partial charge in [0.2, 0.25) is 5.91 Å². The summed E-state index contributed by atoms with van der Waals surface area (Å²) in [5, 5.41) is 3.02. The molecule has 1 heterocycles. The van der Waals surface area contributed by atoms with Crippen molar-refractivity contribution >= 4 is 16.9 Å². The molecular weight excluding hydrogens is 398 g/mol. The van der Waals surface area contributed by atoms with Crippen molar-refractivity contribution in [2.75, 3.05) is 13.2 Å². The van der Waals surface area contributed by atoms with E-state index in [2.05, 4.69) is 41.9 Å². The zero-order chi connectivity index (χ0) is 22.3. The molecule has 0 aliphatic carbocycles. The average molecular weight is 428 g/mol. The number of carbonyl (C=O) groups excluding carboxylic acids is 1. The van der Waals surface area contributed by atoms with Crippen LogP contribution in [0.15, 0.2) is 72.8 Å². The number of aromatic nitrogens is 2. The second-order valence-corrected chi connectivity index (χ2v) is 8.03. The average Bonchev–Trinajstić information content (AvgIpc) is 3.14. The fourth-order valence-corrected chi connectivity index (χ4v) is 3.78. The SMILES string of the molecule is Cc1ccc(OCCn2c(CCNC(=O)Cc3ccccc3)nc3ccccc32)cc1C. The third kappa shape index (κ3) is 5.35. The molecule has 0 atom stereocenters. The molecule has 0 aliphatic heterocycles. The Bertz CT molecular complexity index is 1200. The number of carbonyl (C=O) groups is 1. The van der Waals surface area contributed by atoms with Gasteiger partial charge < -0.3 is 14.6 Å². The van der Waals surface area contributed by atoms with Crippen molar-refractivity contribution in [1.82, 2.24) is 14.9 Å². The first-order valence-electron chi connectivity index (χ1n) is 11.0. The standard InChI is InChI=1S/C27H29N3O2/c1-20-12-13-23(18-21(20)2)32-17-16-30-25-11-7-6-10-24(25)29-26(30)14-15-28-27(31)19-22-8-4-3-5-9-22/h3-13,18H,14-17,19H2,1-2H3,(H,28,31). The van der Waals surface area contributed by atoms with Crippen LogP contribution in [0.5, 0.6) is 5.75 Å². The molecule has 4 rings (SSSR count). The summed E-state index contributed by atoms with van der Waals surface area (Å²) in [6.45, 7) is 5.99. The van der Waals surface area contributed by atoms with Crippen LogP contribution in [0.2, 0.25) is 0 Å². The molecule has 3 aromatic carbocycles. The minimum Gasteiger partial charge on any atom is -0.492 e. The molecule has 164 valence electrons. The maximum atomic E-state index is 12.3. The van der Waals surface area contributed by atoms with Gasteiger partial charge in [-0.25, -0.2) is 4.98 Å². The molecule has 5 heteroatoms. The first-order chi connectivity index (χ1) is 15.6. The van der Waals surface area contributed by atoms with Crippen molar-refractivity contribution in [3.05, 3.63) is 95.3 Å². The number of ether oxygens (including phenoxy) is 1. The number of hydrogen-bond acceptors (Lipinski definition) is 3.